The lowest BCUT2D eigenvalue weighted by molar-refractivity contribution is -0.121. The zero-order valence-electron chi connectivity index (χ0n) is 14.3. The number of para-hydroxylation sites is 1. The van der Waals surface area contributed by atoms with Crippen LogP contribution in [0.1, 0.15) is 41.6 Å². The third-order valence-corrected chi connectivity index (χ3v) is 4.19. The maximum absolute atomic E-state index is 12.2. The van der Waals surface area contributed by atoms with Crippen LogP contribution in [0.25, 0.3) is 0 Å². The molecule has 0 saturated carbocycles. The second-order valence-electron chi connectivity index (χ2n) is 5.95. The third-order valence-electron chi connectivity index (χ3n) is 4.19. The van der Waals surface area contributed by atoms with E-state index in [4.69, 9.17) is 4.74 Å². The SMILES string of the molecule is COc1ccccc1[C@H](C)NC(=O)CCc1ccc(C)c(C)c1. The Labute approximate surface area is 138 Å². The standard InChI is InChI=1S/C20H25NO2/c1-14-9-10-17(13-15(14)2)11-12-20(22)21-16(3)18-7-5-6-8-19(18)23-4/h5-10,13,16H,11-12H2,1-4H3,(H,21,22)/t16-/m0/s1. The van der Waals surface area contributed by atoms with E-state index in [1.807, 2.05) is 31.2 Å². The number of rotatable bonds is 6. The van der Waals surface area contributed by atoms with Gasteiger partial charge in [-0.05, 0) is 49.9 Å². The zero-order chi connectivity index (χ0) is 16.8. The van der Waals surface area contributed by atoms with E-state index in [1.54, 1.807) is 7.11 Å². The lowest BCUT2D eigenvalue weighted by Crippen LogP contribution is -2.27. The van der Waals surface area contributed by atoms with E-state index in [0.717, 1.165) is 17.7 Å². The minimum Gasteiger partial charge on any atom is -0.496 e. The molecule has 122 valence electrons. The summed E-state index contributed by atoms with van der Waals surface area (Å²) in [4.78, 5) is 12.2. The van der Waals surface area contributed by atoms with Crippen molar-refractivity contribution in [3.63, 3.8) is 0 Å². The van der Waals surface area contributed by atoms with Crippen LogP contribution >= 0.6 is 0 Å². The van der Waals surface area contributed by atoms with Crippen molar-refractivity contribution in [3.8, 4) is 5.75 Å². The van der Waals surface area contributed by atoms with Crippen molar-refractivity contribution < 1.29 is 9.53 Å². The van der Waals surface area contributed by atoms with Crippen molar-refractivity contribution in [2.24, 2.45) is 0 Å². The molecule has 2 aromatic carbocycles. The van der Waals surface area contributed by atoms with E-state index < -0.39 is 0 Å². The molecular formula is C20H25NO2. The molecule has 0 radical (unpaired) electrons. The highest BCUT2D eigenvalue weighted by molar-refractivity contribution is 5.76. The molecule has 0 aromatic heterocycles. The molecule has 0 spiro atoms. The Morgan fingerprint density at radius 3 is 2.57 bits per heavy atom. The van der Waals surface area contributed by atoms with E-state index in [9.17, 15) is 4.79 Å². The van der Waals surface area contributed by atoms with Gasteiger partial charge in [0.25, 0.3) is 0 Å². The molecule has 0 saturated heterocycles. The number of amides is 1. The smallest absolute Gasteiger partial charge is 0.220 e. The number of benzene rings is 2. The number of carbonyl (C=O) groups is 1. The molecule has 0 aliphatic carbocycles. The van der Waals surface area contributed by atoms with Crippen molar-refractivity contribution in [2.75, 3.05) is 7.11 Å². The summed E-state index contributed by atoms with van der Waals surface area (Å²) in [6.45, 7) is 6.18. The maximum Gasteiger partial charge on any atom is 0.220 e. The van der Waals surface area contributed by atoms with Gasteiger partial charge in [-0.15, -0.1) is 0 Å². The molecule has 2 rings (SSSR count). The van der Waals surface area contributed by atoms with Gasteiger partial charge in [0.15, 0.2) is 0 Å². The molecule has 0 aliphatic heterocycles. The average molecular weight is 311 g/mol. The second kappa shape index (κ2) is 7.82. The summed E-state index contributed by atoms with van der Waals surface area (Å²) in [7, 11) is 1.65. The van der Waals surface area contributed by atoms with Gasteiger partial charge < -0.3 is 10.1 Å². The highest BCUT2D eigenvalue weighted by Crippen LogP contribution is 2.24. The number of ether oxygens (including phenoxy) is 1. The molecule has 0 bridgehead atoms. The lowest BCUT2D eigenvalue weighted by atomic mass is 10.0. The molecular weight excluding hydrogens is 286 g/mol. The molecule has 0 aliphatic rings. The highest BCUT2D eigenvalue weighted by atomic mass is 16.5. The molecule has 3 heteroatoms. The summed E-state index contributed by atoms with van der Waals surface area (Å²) in [5.41, 5.74) is 4.75. The van der Waals surface area contributed by atoms with Gasteiger partial charge in [-0.1, -0.05) is 36.4 Å². The Bertz CT molecular complexity index is 679. The molecule has 2 aromatic rings. The lowest BCUT2D eigenvalue weighted by Gasteiger charge is -2.17. The predicted octanol–water partition coefficient (Wildman–Crippen LogP) is 4.12. The van der Waals surface area contributed by atoms with E-state index >= 15 is 0 Å². The number of nitrogens with one attached hydrogen (secondary N) is 1. The molecule has 1 atom stereocenters. The number of aryl methyl sites for hydroxylation is 3. The second-order valence-corrected chi connectivity index (χ2v) is 5.95. The van der Waals surface area contributed by atoms with Crippen LogP contribution in [0, 0.1) is 13.8 Å². The number of carbonyl (C=O) groups excluding carboxylic acids is 1. The van der Waals surface area contributed by atoms with Crippen LogP contribution in [0.15, 0.2) is 42.5 Å². The predicted molar refractivity (Wildman–Crippen MR) is 93.8 cm³/mol. The van der Waals surface area contributed by atoms with Crippen molar-refractivity contribution in [1.82, 2.24) is 5.32 Å². The summed E-state index contributed by atoms with van der Waals surface area (Å²) < 4.78 is 5.35. The largest absolute Gasteiger partial charge is 0.496 e. The zero-order valence-corrected chi connectivity index (χ0v) is 14.3. The first-order valence-corrected chi connectivity index (χ1v) is 7.99. The van der Waals surface area contributed by atoms with Gasteiger partial charge in [0.2, 0.25) is 5.91 Å². The molecule has 23 heavy (non-hydrogen) atoms. The van der Waals surface area contributed by atoms with Crippen LogP contribution in [0.5, 0.6) is 5.75 Å². The number of hydrogen-bond acceptors (Lipinski definition) is 2. The van der Waals surface area contributed by atoms with Gasteiger partial charge in [-0.3, -0.25) is 4.79 Å². The summed E-state index contributed by atoms with van der Waals surface area (Å²) >= 11 is 0. The number of methoxy groups -OCH3 is 1. The van der Waals surface area contributed by atoms with Crippen LogP contribution in [-0.2, 0) is 11.2 Å². The Morgan fingerprint density at radius 1 is 1.13 bits per heavy atom. The van der Waals surface area contributed by atoms with Gasteiger partial charge in [-0.25, -0.2) is 0 Å². The third kappa shape index (κ3) is 4.59. The van der Waals surface area contributed by atoms with Crippen molar-refractivity contribution in [2.45, 2.75) is 39.7 Å². The molecule has 1 amide bonds. The van der Waals surface area contributed by atoms with E-state index in [-0.39, 0.29) is 11.9 Å². The molecule has 3 nitrogen and oxygen atoms in total. The fourth-order valence-corrected chi connectivity index (χ4v) is 2.63. The first kappa shape index (κ1) is 17.1. The van der Waals surface area contributed by atoms with Gasteiger partial charge >= 0.3 is 0 Å². The normalized spacial score (nSPS) is 11.8. The van der Waals surface area contributed by atoms with E-state index in [1.165, 1.54) is 16.7 Å². The van der Waals surface area contributed by atoms with Crippen molar-refractivity contribution >= 4 is 5.91 Å². The molecule has 0 fully saturated rings. The topological polar surface area (TPSA) is 38.3 Å². The monoisotopic (exact) mass is 311 g/mol. The first-order valence-electron chi connectivity index (χ1n) is 7.99. The molecule has 1 N–H and O–H groups in total. The highest BCUT2D eigenvalue weighted by Gasteiger charge is 2.13. The van der Waals surface area contributed by atoms with Crippen molar-refractivity contribution in [3.05, 3.63) is 64.7 Å². The fraction of sp³-hybridized carbons (Fsp3) is 0.350. The Hall–Kier alpha value is -2.29. The Balaban J connectivity index is 1.92. The minimum absolute atomic E-state index is 0.0571. The van der Waals surface area contributed by atoms with E-state index in [2.05, 4.69) is 37.4 Å². The van der Waals surface area contributed by atoms with Crippen LogP contribution in [0.2, 0.25) is 0 Å². The molecule has 0 heterocycles. The quantitative estimate of drug-likeness (QED) is 0.871. The number of hydrogen-bond donors (Lipinski definition) is 1. The average Bonchev–Trinajstić information content (AvgIpc) is 2.55. The first-order chi connectivity index (χ1) is 11.0. The summed E-state index contributed by atoms with van der Waals surface area (Å²) in [5, 5.41) is 3.05. The summed E-state index contributed by atoms with van der Waals surface area (Å²) in [5.74, 6) is 0.857. The van der Waals surface area contributed by atoms with Crippen LogP contribution in [-0.4, -0.2) is 13.0 Å². The van der Waals surface area contributed by atoms with Crippen LogP contribution in [0.3, 0.4) is 0 Å². The van der Waals surface area contributed by atoms with Crippen LogP contribution < -0.4 is 10.1 Å². The fourth-order valence-electron chi connectivity index (χ4n) is 2.63. The van der Waals surface area contributed by atoms with Gasteiger partial charge in [0.1, 0.15) is 5.75 Å². The minimum atomic E-state index is -0.0709. The van der Waals surface area contributed by atoms with E-state index in [0.29, 0.717) is 6.42 Å². The summed E-state index contributed by atoms with van der Waals surface area (Å²) in [6, 6.07) is 14.1. The van der Waals surface area contributed by atoms with Gasteiger partial charge in [0, 0.05) is 12.0 Å². The maximum atomic E-state index is 12.2. The van der Waals surface area contributed by atoms with Gasteiger partial charge in [0.05, 0.1) is 13.2 Å². The molecule has 0 unspecified atom stereocenters. The van der Waals surface area contributed by atoms with Gasteiger partial charge in [-0.2, -0.15) is 0 Å². The van der Waals surface area contributed by atoms with Crippen molar-refractivity contribution in [1.29, 1.82) is 0 Å². The summed E-state index contributed by atoms with van der Waals surface area (Å²) in [6.07, 6.45) is 1.24. The Morgan fingerprint density at radius 2 is 1.87 bits per heavy atom. The Kier molecular flexibility index (Phi) is 5.80. The van der Waals surface area contributed by atoms with Crippen LogP contribution in [0.4, 0.5) is 0 Å².